The zero-order valence-electron chi connectivity index (χ0n) is 6.87. The van der Waals surface area contributed by atoms with Crippen LogP contribution in [-0.4, -0.2) is 11.2 Å². The van der Waals surface area contributed by atoms with Gasteiger partial charge in [-0.15, -0.1) is 0 Å². The summed E-state index contributed by atoms with van der Waals surface area (Å²) >= 11 is 0. The lowest BCUT2D eigenvalue weighted by molar-refractivity contribution is 1.29. The molecule has 0 aliphatic carbocycles. The zero-order chi connectivity index (χ0) is 9.26. The predicted molar refractivity (Wildman–Crippen MR) is 52.5 cm³/mol. The van der Waals surface area contributed by atoms with Crippen molar-refractivity contribution in [1.82, 2.24) is 4.98 Å². The number of aromatic amines is 1. The molecule has 1 heterocycles. The van der Waals surface area contributed by atoms with E-state index in [1.165, 1.54) is 0 Å². The Hall–Kier alpha value is -1.90. The molecule has 0 unspecified atom stereocenters. The first kappa shape index (κ1) is 7.73. The molecular formula is C10H8N2O. The molecule has 1 aromatic heterocycles. The van der Waals surface area contributed by atoms with Crippen molar-refractivity contribution in [2.75, 3.05) is 0 Å². The Morgan fingerprint density at radius 2 is 2.08 bits per heavy atom. The molecule has 0 radical (unpaired) electrons. The van der Waals surface area contributed by atoms with Crippen molar-refractivity contribution in [3.63, 3.8) is 0 Å². The highest BCUT2D eigenvalue weighted by molar-refractivity contribution is 5.86. The highest BCUT2D eigenvalue weighted by Gasteiger charge is 1.97. The first-order chi connectivity index (χ1) is 6.31. The maximum absolute atomic E-state index is 11.3. The lowest BCUT2D eigenvalue weighted by atomic mass is 10.2. The summed E-state index contributed by atoms with van der Waals surface area (Å²) in [4.78, 5) is 14.0. The van der Waals surface area contributed by atoms with Crippen molar-refractivity contribution in [1.29, 1.82) is 5.41 Å². The van der Waals surface area contributed by atoms with E-state index in [1.54, 1.807) is 6.07 Å². The minimum Gasteiger partial charge on any atom is -0.321 e. The normalized spacial score (nSPS) is 10.2. The number of hydrogen-bond donors (Lipinski definition) is 2. The van der Waals surface area contributed by atoms with E-state index in [0.717, 1.165) is 17.1 Å². The van der Waals surface area contributed by atoms with Crippen LogP contribution in [0.2, 0.25) is 0 Å². The molecule has 1 aromatic carbocycles. The summed E-state index contributed by atoms with van der Waals surface area (Å²) in [6.45, 7) is 0. The Labute approximate surface area is 74.5 Å². The fourth-order valence-corrected chi connectivity index (χ4v) is 1.27. The van der Waals surface area contributed by atoms with E-state index in [0.29, 0.717) is 5.56 Å². The van der Waals surface area contributed by atoms with Crippen LogP contribution in [0.1, 0.15) is 5.56 Å². The van der Waals surface area contributed by atoms with E-state index in [4.69, 9.17) is 5.41 Å². The Bertz CT molecular complexity index is 514. The van der Waals surface area contributed by atoms with Gasteiger partial charge in [0.15, 0.2) is 0 Å². The maximum atomic E-state index is 11.3. The van der Waals surface area contributed by atoms with Crippen LogP contribution in [0.5, 0.6) is 0 Å². The van der Waals surface area contributed by atoms with Crippen LogP contribution in [0.3, 0.4) is 0 Å². The number of para-hydroxylation sites is 1. The van der Waals surface area contributed by atoms with Gasteiger partial charge in [-0.1, -0.05) is 18.2 Å². The molecule has 0 spiro atoms. The molecule has 0 aliphatic heterocycles. The lowest BCUT2D eigenvalue weighted by Crippen LogP contribution is -2.10. The van der Waals surface area contributed by atoms with Gasteiger partial charge in [-0.2, -0.15) is 0 Å². The summed E-state index contributed by atoms with van der Waals surface area (Å²) in [5, 5.41) is 7.96. The van der Waals surface area contributed by atoms with E-state index in [1.807, 2.05) is 24.3 Å². The largest absolute Gasteiger partial charge is 0.321 e. The first-order valence-corrected chi connectivity index (χ1v) is 3.94. The Morgan fingerprint density at radius 3 is 2.85 bits per heavy atom. The number of benzene rings is 1. The second kappa shape index (κ2) is 2.86. The molecule has 64 valence electrons. The molecule has 0 atom stereocenters. The molecule has 0 saturated heterocycles. The van der Waals surface area contributed by atoms with E-state index < -0.39 is 0 Å². The third-order valence-electron chi connectivity index (χ3n) is 1.94. The Morgan fingerprint density at radius 1 is 1.31 bits per heavy atom. The highest BCUT2D eigenvalue weighted by Crippen LogP contribution is 2.08. The van der Waals surface area contributed by atoms with Gasteiger partial charge in [0, 0.05) is 11.7 Å². The number of hydrogen-bond acceptors (Lipinski definition) is 2. The molecule has 0 saturated carbocycles. The van der Waals surface area contributed by atoms with Gasteiger partial charge >= 0.3 is 0 Å². The minimum atomic E-state index is -0.214. The van der Waals surface area contributed by atoms with Gasteiger partial charge in [-0.25, -0.2) is 0 Å². The van der Waals surface area contributed by atoms with Crippen LogP contribution in [0, 0.1) is 5.41 Å². The Balaban J connectivity index is 2.89. The van der Waals surface area contributed by atoms with Crippen LogP contribution in [-0.2, 0) is 0 Å². The molecule has 3 heteroatoms. The van der Waals surface area contributed by atoms with E-state index >= 15 is 0 Å². The highest BCUT2D eigenvalue weighted by atomic mass is 16.1. The minimum absolute atomic E-state index is 0.214. The SMILES string of the molecule is N=Cc1cc2ccccc2[nH]c1=O. The van der Waals surface area contributed by atoms with Crippen LogP contribution in [0.15, 0.2) is 35.1 Å². The monoisotopic (exact) mass is 172 g/mol. The molecule has 2 N–H and O–H groups in total. The second-order valence-corrected chi connectivity index (χ2v) is 2.79. The van der Waals surface area contributed by atoms with Crippen molar-refractivity contribution in [3.8, 4) is 0 Å². The summed E-state index contributed by atoms with van der Waals surface area (Å²) in [7, 11) is 0. The summed E-state index contributed by atoms with van der Waals surface area (Å²) in [5.41, 5.74) is 0.977. The summed E-state index contributed by atoms with van der Waals surface area (Å²) in [5.74, 6) is 0. The smallest absolute Gasteiger partial charge is 0.257 e. The van der Waals surface area contributed by atoms with Gasteiger partial charge in [0.05, 0.1) is 5.56 Å². The number of rotatable bonds is 1. The molecule has 0 bridgehead atoms. The fraction of sp³-hybridized carbons (Fsp3) is 0. The molecule has 2 rings (SSSR count). The fourth-order valence-electron chi connectivity index (χ4n) is 1.27. The van der Waals surface area contributed by atoms with Crippen LogP contribution in [0.25, 0.3) is 10.9 Å². The van der Waals surface area contributed by atoms with Crippen molar-refractivity contribution in [2.45, 2.75) is 0 Å². The number of pyridine rings is 1. The zero-order valence-corrected chi connectivity index (χ0v) is 6.87. The number of aromatic nitrogens is 1. The third kappa shape index (κ3) is 1.24. The van der Waals surface area contributed by atoms with Crippen molar-refractivity contribution >= 4 is 17.1 Å². The number of nitrogens with one attached hydrogen (secondary N) is 2. The van der Waals surface area contributed by atoms with Crippen molar-refractivity contribution < 1.29 is 0 Å². The average Bonchev–Trinajstić information content (AvgIpc) is 2.17. The topological polar surface area (TPSA) is 56.7 Å². The molecule has 0 aliphatic rings. The van der Waals surface area contributed by atoms with Crippen molar-refractivity contribution in [3.05, 3.63) is 46.2 Å². The average molecular weight is 172 g/mol. The second-order valence-electron chi connectivity index (χ2n) is 2.79. The molecule has 13 heavy (non-hydrogen) atoms. The molecule has 0 fully saturated rings. The number of H-pyrrole nitrogens is 1. The molecule has 3 nitrogen and oxygen atoms in total. The van der Waals surface area contributed by atoms with Gasteiger partial charge in [0.1, 0.15) is 0 Å². The standard InChI is InChI=1S/C10H8N2O/c11-6-8-5-7-3-1-2-4-9(7)12-10(8)13/h1-6,11H,(H,12,13). The summed E-state index contributed by atoms with van der Waals surface area (Å²) in [6, 6.07) is 9.21. The van der Waals surface area contributed by atoms with Crippen LogP contribution in [0.4, 0.5) is 0 Å². The summed E-state index contributed by atoms with van der Waals surface area (Å²) in [6.07, 6.45) is 1.06. The van der Waals surface area contributed by atoms with Crippen molar-refractivity contribution in [2.24, 2.45) is 0 Å². The van der Waals surface area contributed by atoms with E-state index in [2.05, 4.69) is 4.98 Å². The number of fused-ring (bicyclic) bond motifs is 1. The van der Waals surface area contributed by atoms with E-state index in [9.17, 15) is 4.79 Å². The van der Waals surface area contributed by atoms with Gasteiger partial charge in [0.25, 0.3) is 5.56 Å². The molecule has 0 amide bonds. The molecular weight excluding hydrogens is 164 g/mol. The predicted octanol–water partition coefficient (Wildman–Crippen LogP) is 1.53. The Kier molecular flexibility index (Phi) is 1.70. The summed E-state index contributed by atoms with van der Waals surface area (Å²) < 4.78 is 0. The van der Waals surface area contributed by atoms with Gasteiger partial charge in [0.2, 0.25) is 0 Å². The van der Waals surface area contributed by atoms with Crippen LogP contribution < -0.4 is 5.56 Å². The lowest BCUT2D eigenvalue weighted by Gasteiger charge is -1.97. The first-order valence-electron chi connectivity index (χ1n) is 3.94. The third-order valence-corrected chi connectivity index (χ3v) is 1.94. The van der Waals surface area contributed by atoms with Crippen LogP contribution >= 0.6 is 0 Å². The van der Waals surface area contributed by atoms with E-state index in [-0.39, 0.29) is 5.56 Å². The molecule has 2 aromatic rings. The van der Waals surface area contributed by atoms with Gasteiger partial charge in [-0.3, -0.25) is 4.79 Å². The van der Waals surface area contributed by atoms with Gasteiger partial charge < -0.3 is 10.4 Å². The maximum Gasteiger partial charge on any atom is 0.257 e. The quantitative estimate of drug-likeness (QED) is 0.629. The van der Waals surface area contributed by atoms with Gasteiger partial charge in [-0.05, 0) is 17.5 Å².